The van der Waals surface area contributed by atoms with Gasteiger partial charge in [-0.3, -0.25) is 4.79 Å². The number of nitrogens with zero attached hydrogens (tertiary/aromatic N) is 1. The molecule has 1 atom stereocenters. The van der Waals surface area contributed by atoms with Crippen molar-refractivity contribution >= 4 is 37.4 Å². The number of fused-ring (bicyclic) bond motifs is 1. The smallest absolute Gasteiger partial charge is 0.244 e. The summed E-state index contributed by atoms with van der Waals surface area (Å²) >= 11 is 1.48. The Morgan fingerprint density at radius 3 is 2.82 bits per heavy atom. The normalized spacial score (nSPS) is 20.3. The van der Waals surface area contributed by atoms with Crippen LogP contribution in [0.3, 0.4) is 0 Å². The summed E-state index contributed by atoms with van der Waals surface area (Å²) in [6.45, 7) is 2.45. The molecule has 0 radical (unpaired) electrons. The van der Waals surface area contributed by atoms with Gasteiger partial charge in [0.2, 0.25) is 15.9 Å². The van der Waals surface area contributed by atoms with Crippen molar-refractivity contribution in [2.45, 2.75) is 24.7 Å². The number of amides is 1. The fourth-order valence-electron chi connectivity index (χ4n) is 2.99. The number of thiophene rings is 1. The third-order valence-corrected chi connectivity index (χ3v) is 7.37. The van der Waals surface area contributed by atoms with Crippen molar-refractivity contribution in [3.8, 4) is 0 Å². The lowest BCUT2D eigenvalue weighted by Gasteiger charge is -2.30. The Morgan fingerprint density at radius 1 is 1.36 bits per heavy atom. The highest BCUT2D eigenvalue weighted by Crippen LogP contribution is 2.36. The fourth-order valence-corrected chi connectivity index (χ4v) is 6.27. The Balaban J connectivity index is 2.05. The number of benzene rings is 1. The Kier molecular flexibility index (Phi) is 3.96. The van der Waals surface area contributed by atoms with Crippen LogP contribution in [0.15, 0.2) is 29.2 Å². The van der Waals surface area contributed by atoms with Crippen LogP contribution in [0.2, 0.25) is 0 Å². The third kappa shape index (κ3) is 2.53. The van der Waals surface area contributed by atoms with Gasteiger partial charge in [0, 0.05) is 28.1 Å². The quantitative estimate of drug-likeness (QED) is 0.930. The van der Waals surface area contributed by atoms with E-state index in [-0.39, 0.29) is 6.54 Å². The van der Waals surface area contributed by atoms with Crippen molar-refractivity contribution in [2.75, 3.05) is 13.1 Å². The lowest BCUT2D eigenvalue weighted by molar-refractivity contribution is -0.122. The molecule has 1 aliphatic heterocycles. The first-order chi connectivity index (χ1) is 10.4. The van der Waals surface area contributed by atoms with E-state index in [9.17, 15) is 13.2 Å². The zero-order valence-electron chi connectivity index (χ0n) is 12.3. The highest BCUT2D eigenvalue weighted by atomic mass is 32.2. The van der Waals surface area contributed by atoms with E-state index in [0.717, 1.165) is 15.0 Å². The predicted molar refractivity (Wildman–Crippen MR) is 87.2 cm³/mol. The molecule has 0 aliphatic carbocycles. The second-order valence-electron chi connectivity index (χ2n) is 5.59. The lowest BCUT2D eigenvalue weighted by Crippen LogP contribution is -2.44. The standard InChI is InChI=1S/C15H18N2O3S2/c1-10-14(12-6-2-3-7-13(12)21-10)22(19,20)17-8-4-5-11(9-17)15(16)18/h2-3,6-7,11H,4-5,8-9H2,1H3,(H2,16,18)/t11-/m0/s1. The van der Waals surface area contributed by atoms with Crippen LogP contribution in [-0.2, 0) is 14.8 Å². The Morgan fingerprint density at radius 2 is 2.09 bits per heavy atom. The van der Waals surface area contributed by atoms with E-state index in [1.165, 1.54) is 15.6 Å². The van der Waals surface area contributed by atoms with E-state index in [2.05, 4.69) is 0 Å². The molecular weight excluding hydrogens is 320 g/mol. The molecule has 1 amide bonds. The van der Waals surface area contributed by atoms with Crippen LogP contribution in [0.5, 0.6) is 0 Å². The molecule has 7 heteroatoms. The molecule has 1 saturated heterocycles. The SMILES string of the molecule is Cc1sc2ccccc2c1S(=O)(=O)N1CCC[C@H](C(N)=O)C1. The minimum atomic E-state index is -3.61. The van der Waals surface area contributed by atoms with Crippen LogP contribution in [0.4, 0.5) is 0 Å². The summed E-state index contributed by atoms with van der Waals surface area (Å²) < 4.78 is 28.4. The molecule has 0 unspecified atom stereocenters. The average molecular weight is 338 g/mol. The molecule has 1 aliphatic rings. The van der Waals surface area contributed by atoms with E-state index in [1.54, 1.807) is 0 Å². The largest absolute Gasteiger partial charge is 0.369 e. The monoisotopic (exact) mass is 338 g/mol. The Hall–Kier alpha value is -1.44. The molecule has 1 fully saturated rings. The van der Waals surface area contributed by atoms with Gasteiger partial charge in [0.1, 0.15) is 4.90 Å². The van der Waals surface area contributed by atoms with Crippen molar-refractivity contribution in [1.82, 2.24) is 4.31 Å². The highest BCUT2D eigenvalue weighted by Gasteiger charge is 2.34. The molecule has 2 aromatic rings. The van der Waals surface area contributed by atoms with E-state index in [1.807, 2.05) is 31.2 Å². The highest BCUT2D eigenvalue weighted by molar-refractivity contribution is 7.89. The molecule has 1 aromatic heterocycles. The van der Waals surface area contributed by atoms with Crippen LogP contribution in [0.25, 0.3) is 10.1 Å². The van der Waals surface area contributed by atoms with E-state index in [0.29, 0.717) is 24.3 Å². The summed E-state index contributed by atoms with van der Waals surface area (Å²) in [7, 11) is -3.61. The van der Waals surface area contributed by atoms with Crippen molar-refractivity contribution in [3.63, 3.8) is 0 Å². The number of hydrogen-bond acceptors (Lipinski definition) is 4. The van der Waals surface area contributed by atoms with Gasteiger partial charge in [-0.25, -0.2) is 8.42 Å². The molecule has 5 nitrogen and oxygen atoms in total. The predicted octanol–water partition coefficient (Wildman–Crippen LogP) is 2.10. The average Bonchev–Trinajstić information content (AvgIpc) is 2.83. The number of aryl methyl sites for hydroxylation is 1. The van der Waals surface area contributed by atoms with Gasteiger partial charge < -0.3 is 5.73 Å². The maximum absolute atomic E-state index is 13.0. The number of rotatable bonds is 3. The first-order valence-corrected chi connectivity index (χ1v) is 9.44. The van der Waals surface area contributed by atoms with Crippen LogP contribution < -0.4 is 5.73 Å². The van der Waals surface area contributed by atoms with Crippen LogP contribution >= 0.6 is 11.3 Å². The number of carbonyl (C=O) groups is 1. The maximum Gasteiger partial charge on any atom is 0.244 e. The van der Waals surface area contributed by atoms with Gasteiger partial charge in [0.15, 0.2) is 0 Å². The minimum Gasteiger partial charge on any atom is -0.369 e. The van der Waals surface area contributed by atoms with Crippen LogP contribution in [-0.4, -0.2) is 31.7 Å². The fraction of sp³-hybridized carbons (Fsp3) is 0.400. The van der Waals surface area contributed by atoms with Gasteiger partial charge in [-0.15, -0.1) is 11.3 Å². The van der Waals surface area contributed by atoms with Gasteiger partial charge in [0.25, 0.3) is 0 Å². The second-order valence-corrected chi connectivity index (χ2v) is 8.72. The van der Waals surface area contributed by atoms with Crippen LogP contribution in [0.1, 0.15) is 17.7 Å². The molecule has 0 saturated carbocycles. The summed E-state index contributed by atoms with van der Waals surface area (Å²) in [6, 6.07) is 7.50. The molecule has 2 N–H and O–H groups in total. The Bertz CT molecular complexity index is 826. The van der Waals surface area contributed by atoms with Crippen molar-refractivity contribution in [1.29, 1.82) is 0 Å². The van der Waals surface area contributed by atoms with Gasteiger partial charge >= 0.3 is 0 Å². The van der Waals surface area contributed by atoms with E-state index in [4.69, 9.17) is 5.73 Å². The number of hydrogen-bond donors (Lipinski definition) is 1. The third-order valence-electron chi connectivity index (χ3n) is 4.10. The zero-order valence-corrected chi connectivity index (χ0v) is 13.9. The van der Waals surface area contributed by atoms with Crippen LogP contribution in [0, 0.1) is 12.8 Å². The summed E-state index contributed by atoms with van der Waals surface area (Å²) in [5, 5.41) is 0.756. The summed E-state index contributed by atoms with van der Waals surface area (Å²) in [6.07, 6.45) is 1.32. The molecule has 0 spiro atoms. The number of sulfonamides is 1. The minimum absolute atomic E-state index is 0.182. The molecule has 0 bridgehead atoms. The molecule has 3 rings (SSSR count). The maximum atomic E-state index is 13.0. The van der Waals surface area contributed by atoms with Crippen molar-refractivity contribution in [3.05, 3.63) is 29.1 Å². The van der Waals surface area contributed by atoms with E-state index >= 15 is 0 Å². The molecule has 22 heavy (non-hydrogen) atoms. The van der Waals surface area contributed by atoms with Gasteiger partial charge in [-0.1, -0.05) is 18.2 Å². The molecule has 118 valence electrons. The first-order valence-electron chi connectivity index (χ1n) is 7.19. The number of nitrogens with two attached hydrogens (primary N) is 1. The number of piperidine rings is 1. The van der Waals surface area contributed by atoms with Gasteiger partial charge in [-0.05, 0) is 25.8 Å². The summed E-state index contributed by atoms with van der Waals surface area (Å²) in [4.78, 5) is 12.5. The number of primary amides is 1. The topological polar surface area (TPSA) is 80.5 Å². The van der Waals surface area contributed by atoms with Gasteiger partial charge in [-0.2, -0.15) is 4.31 Å². The zero-order chi connectivity index (χ0) is 15.9. The first kappa shape index (κ1) is 15.5. The molecule has 1 aromatic carbocycles. The Labute approximate surface area is 133 Å². The number of carbonyl (C=O) groups excluding carboxylic acids is 1. The van der Waals surface area contributed by atoms with Crippen molar-refractivity contribution < 1.29 is 13.2 Å². The van der Waals surface area contributed by atoms with E-state index < -0.39 is 21.8 Å². The van der Waals surface area contributed by atoms with Gasteiger partial charge in [0.05, 0.1) is 5.92 Å². The van der Waals surface area contributed by atoms with Crippen molar-refractivity contribution in [2.24, 2.45) is 11.7 Å². The summed E-state index contributed by atoms with van der Waals surface area (Å²) in [5.74, 6) is -0.819. The molecular formula is C15H18N2O3S2. The summed E-state index contributed by atoms with van der Waals surface area (Å²) in [5.41, 5.74) is 5.35. The lowest BCUT2D eigenvalue weighted by atomic mass is 9.99. The molecule has 2 heterocycles. The second kappa shape index (κ2) is 5.64.